The zero-order valence-electron chi connectivity index (χ0n) is 16.5. The summed E-state index contributed by atoms with van der Waals surface area (Å²) in [5.74, 6) is 0.144. The molecular weight excluding hydrogens is 415 g/mol. The molecule has 7 heteroatoms. The monoisotopic (exact) mass is 440 g/mol. The minimum atomic E-state index is -0.278. The van der Waals surface area contributed by atoms with E-state index in [4.69, 9.17) is 37.4 Å². The van der Waals surface area contributed by atoms with Gasteiger partial charge in [0.05, 0.1) is 30.4 Å². The van der Waals surface area contributed by atoms with E-state index in [1.807, 2.05) is 30.3 Å². The first kappa shape index (κ1) is 23.5. The lowest BCUT2D eigenvalue weighted by molar-refractivity contribution is -0.140. The number of methoxy groups -OCH3 is 1. The van der Waals surface area contributed by atoms with Crippen LogP contribution in [0.25, 0.3) is 0 Å². The standard InChI is InChI=1S/C22H26Cl2O5/c1-26-21(25)9-8-18-14-19(23)22(20(24)15-18)29-13-12-27-10-5-11-28-16-17-6-3-2-4-7-17/h2-4,6-7,14-15H,5,8-13,16H2,1H3. The second-order valence-electron chi connectivity index (χ2n) is 6.32. The number of halogens is 2. The number of hydrogen-bond acceptors (Lipinski definition) is 5. The lowest BCUT2D eigenvalue weighted by Gasteiger charge is -2.12. The van der Waals surface area contributed by atoms with Crippen LogP contribution in [-0.2, 0) is 32.0 Å². The van der Waals surface area contributed by atoms with Crippen LogP contribution < -0.4 is 4.74 Å². The Balaban J connectivity index is 1.59. The molecule has 0 saturated carbocycles. The number of benzene rings is 2. The average molecular weight is 441 g/mol. The van der Waals surface area contributed by atoms with E-state index in [0.717, 1.165) is 17.5 Å². The first-order valence-electron chi connectivity index (χ1n) is 9.47. The number of esters is 1. The third-order valence-electron chi connectivity index (χ3n) is 4.07. The van der Waals surface area contributed by atoms with Crippen molar-refractivity contribution in [1.82, 2.24) is 0 Å². The van der Waals surface area contributed by atoms with Gasteiger partial charge >= 0.3 is 5.97 Å². The summed E-state index contributed by atoms with van der Waals surface area (Å²) in [6.07, 6.45) is 1.58. The van der Waals surface area contributed by atoms with Crippen LogP contribution in [0.5, 0.6) is 5.75 Å². The Hall–Kier alpha value is -1.79. The lowest BCUT2D eigenvalue weighted by atomic mass is 10.1. The summed E-state index contributed by atoms with van der Waals surface area (Å²) in [5.41, 5.74) is 2.01. The van der Waals surface area contributed by atoms with E-state index in [9.17, 15) is 4.79 Å². The third kappa shape index (κ3) is 9.05. The van der Waals surface area contributed by atoms with Gasteiger partial charge < -0.3 is 18.9 Å². The fourth-order valence-electron chi connectivity index (χ4n) is 2.58. The van der Waals surface area contributed by atoms with Crippen molar-refractivity contribution in [2.24, 2.45) is 0 Å². The molecule has 2 aromatic rings. The summed E-state index contributed by atoms with van der Waals surface area (Å²) in [5, 5.41) is 0.818. The molecule has 158 valence electrons. The summed E-state index contributed by atoms with van der Waals surface area (Å²) < 4.78 is 21.4. The molecule has 0 radical (unpaired) electrons. The Morgan fingerprint density at radius 1 is 0.897 bits per heavy atom. The molecule has 0 unspecified atom stereocenters. The molecule has 0 saturated heterocycles. The molecule has 0 amide bonds. The van der Waals surface area contributed by atoms with Crippen LogP contribution in [0.3, 0.4) is 0 Å². The zero-order chi connectivity index (χ0) is 20.9. The molecule has 0 heterocycles. The van der Waals surface area contributed by atoms with E-state index < -0.39 is 0 Å². The van der Waals surface area contributed by atoms with E-state index in [2.05, 4.69) is 4.74 Å². The van der Waals surface area contributed by atoms with Crippen LogP contribution in [-0.4, -0.2) is 39.5 Å². The van der Waals surface area contributed by atoms with Gasteiger partial charge in [-0.25, -0.2) is 0 Å². The number of hydrogen-bond donors (Lipinski definition) is 0. The highest BCUT2D eigenvalue weighted by atomic mass is 35.5. The summed E-state index contributed by atoms with van der Waals surface area (Å²) in [6, 6.07) is 13.5. The molecule has 29 heavy (non-hydrogen) atoms. The van der Waals surface area contributed by atoms with Crippen LogP contribution in [0.1, 0.15) is 24.0 Å². The Bertz CT molecular complexity index is 729. The van der Waals surface area contributed by atoms with Crippen molar-refractivity contribution in [1.29, 1.82) is 0 Å². The Morgan fingerprint density at radius 3 is 2.28 bits per heavy atom. The number of aryl methyl sites for hydroxylation is 1. The first-order chi connectivity index (χ1) is 14.1. The van der Waals surface area contributed by atoms with E-state index in [1.54, 1.807) is 12.1 Å². The fourth-order valence-corrected chi connectivity index (χ4v) is 3.22. The van der Waals surface area contributed by atoms with Crippen LogP contribution >= 0.6 is 23.2 Å². The number of carbonyl (C=O) groups excluding carboxylic acids is 1. The number of carbonyl (C=O) groups is 1. The van der Waals surface area contributed by atoms with Gasteiger partial charge in [-0.1, -0.05) is 53.5 Å². The normalized spacial score (nSPS) is 10.7. The zero-order valence-corrected chi connectivity index (χ0v) is 18.0. The van der Waals surface area contributed by atoms with Crippen LogP contribution in [0, 0.1) is 0 Å². The molecule has 0 aliphatic carbocycles. The van der Waals surface area contributed by atoms with Gasteiger partial charge in [0.1, 0.15) is 6.61 Å². The molecule has 2 rings (SSSR count). The summed E-state index contributed by atoms with van der Waals surface area (Å²) in [7, 11) is 1.36. The topological polar surface area (TPSA) is 54.0 Å². The second kappa shape index (κ2) is 13.4. The van der Waals surface area contributed by atoms with Gasteiger partial charge in [0.25, 0.3) is 0 Å². The SMILES string of the molecule is COC(=O)CCc1cc(Cl)c(OCCOCCCOCc2ccccc2)c(Cl)c1. The van der Waals surface area contributed by atoms with Gasteiger partial charge in [-0.3, -0.25) is 4.79 Å². The molecule has 0 aliphatic heterocycles. The van der Waals surface area contributed by atoms with Crippen molar-refractivity contribution in [3.63, 3.8) is 0 Å². The molecular formula is C22H26Cl2O5. The minimum absolute atomic E-state index is 0.270. The van der Waals surface area contributed by atoms with Gasteiger partial charge in [0.15, 0.2) is 5.75 Å². The van der Waals surface area contributed by atoms with Crippen LogP contribution in [0.2, 0.25) is 10.0 Å². The Morgan fingerprint density at radius 2 is 1.59 bits per heavy atom. The Labute approximate surface area is 181 Å². The largest absolute Gasteiger partial charge is 0.488 e. The summed E-state index contributed by atoms with van der Waals surface area (Å²) >= 11 is 12.5. The van der Waals surface area contributed by atoms with Crippen molar-refractivity contribution in [2.45, 2.75) is 25.9 Å². The van der Waals surface area contributed by atoms with Gasteiger partial charge in [-0.05, 0) is 36.1 Å². The maximum absolute atomic E-state index is 11.2. The quantitative estimate of drug-likeness (QED) is 0.320. The summed E-state index contributed by atoms with van der Waals surface area (Å²) in [6.45, 7) is 2.60. The van der Waals surface area contributed by atoms with E-state index in [1.165, 1.54) is 7.11 Å². The van der Waals surface area contributed by atoms with Gasteiger partial charge in [-0.15, -0.1) is 0 Å². The molecule has 0 spiro atoms. The van der Waals surface area contributed by atoms with E-state index >= 15 is 0 Å². The maximum Gasteiger partial charge on any atom is 0.305 e. The van der Waals surface area contributed by atoms with Crippen molar-refractivity contribution >= 4 is 29.2 Å². The van der Waals surface area contributed by atoms with Gasteiger partial charge in [0, 0.05) is 19.6 Å². The first-order valence-corrected chi connectivity index (χ1v) is 10.2. The van der Waals surface area contributed by atoms with Crippen molar-refractivity contribution < 1.29 is 23.7 Å². The molecule has 2 aromatic carbocycles. The third-order valence-corrected chi connectivity index (χ3v) is 4.63. The van der Waals surface area contributed by atoms with Crippen molar-refractivity contribution in [3.8, 4) is 5.75 Å². The van der Waals surface area contributed by atoms with Gasteiger partial charge in [0.2, 0.25) is 0 Å². The highest BCUT2D eigenvalue weighted by Gasteiger charge is 2.11. The molecule has 0 bridgehead atoms. The molecule has 0 fully saturated rings. The van der Waals surface area contributed by atoms with Crippen LogP contribution in [0.15, 0.2) is 42.5 Å². The highest BCUT2D eigenvalue weighted by molar-refractivity contribution is 6.37. The smallest absolute Gasteiger partial charge is 0.305 e. The average Bonchev–Trinajstić information content (AvgIpc) is 2.73. The van der Waals surface area contributed by atoms with E-state index in [-0.39, 0.29) is 12.4 Å². The van der Waals surface area contributed by atoms with E-state index in [0.29, 0.717) is 55.3 Å². The fraction of sp³-hybridized carbons (Fsp3) is 0.409. The predicted octanol–water partition coefficient (Wildman–Crippen LogP) is 5.10. The highest BCUT2D eigenvalue weighted by Crippen LogP contribution is 2.34. The lowest BCUT2D eigenvalue weighted by Crippen LogP contribution is -2.09. The van der Waals surface area contributed by atoms with Gasteiger partial charge in [-0.2, -0.15) is 0 Å². The minimum Gasteiger partial charge on any atom is -0.488 e. The molecule has 0 atom stereocenters. The molecule has 0 N–H and O–H groups in total. The van der Waals surface area contributed by atoms with Crippen molar-refractivity contribution in [3.05, 3.63) is 63.6 Å². The number of rotatable bonds is 13. The molecule has 0 aromatic heterocycles. The van der Waals surface area contributed by atoms with Crippen molar-refractivity contribution in [2.75, 3.05) is 33.5 Å². The maximum atomic E-state index is 11.2. The molecule has 5 nitrogen and oxygen atoms in total. The molecule has 0 aliphatic rings. The second-order valence-corrected chi connectivity index (χ2v) is 7.13. The Kier molecular flexibility index (Phi) is 10.9. The summed E-state index contributed by atoms with van der Waals surface area (Å²) in [4.78, 5) is 11.2. The van der Waals surface area contributed by atoms with Crippen LogP contribution in [0.4, 0.5) is 0 Å². The predicted molar refractivity (Wildman–Crippen MR) is 114 cm³/mol. The number of ether oxygens (including phenoxy) is 4.